The van der Waals surface area contributed by atoms with E-state index in [1.54, 1.807) is 30.3 Å². The fourth-order valence-electron chi connectivity index (χ4n) is 4.43. The molecule has 0 spiro atoms. The molecule has 16 heteroatoms. The number of fused-ring (bicyclic) bond motifs is 1. The van der Waals surface area contributed by atoms with Crippen molar-refractivity contribution in [1.82, 2.24) is 39.4 Å². The van der Waals surface area contributed by atoms with Gasteiger partial charge in [-0.3, -0.25) is 0 Å². The van der Waals surface area contributed by atoms with Gasteiger partial charge in [0.1, 0.15) is 16.5 Å². The summed E-state index contributed by atoms with van der Waals surface area (Å²) >= 11 is 0.733. The maximum absolute atomic E-state index is 13.3. The average molecular weight is 593 g/mol. The summed E-state index contributed by atoms with van der Waals surface area (Å²) in [5.74, 6) is 0. The van der Waals surface area contributed by atoms with Gasteiger partial charge in [0.05, 0.1) is 22.7 Å². The van der Waals surface area contributed by atoms with Crippen molar-refractivity contribution in [3.05, 3.63) is 23.3 Å². The zero-order chi connectivity index (χ0) is 28.6. The van der Waals surface area contributed by atoms with Crippen LogP contribution in [0.25, 0.3) is 16.0 Å². The summed E-state index contributed by atoms with van der Waals surface area (Å²) in [5, 5.41) is 21.8. The van der Waals surface area contributed by atoms with Crippen molar-refractivity contribution >= 4 is 44.9 Å². The van der Waals surface area contributed by atoms with E-state index in [4.69, 9.17) is 0 Å². The number of carbonyl (C=O) groups is 1. The number of anilines is 1. The Hall–Kier alpha value is -3.26. The van der Waals surface area contributed by atoms with Crippen LogP contribution in [0.4, 0.5) is 19.3 Å². The second-order valence-electron chi connectivity index (χ2n) is 10.2. The molecule has 1 aliphatic carbocycles. The molecule has 0 bridgehead atoms. The zero-order valence-corrected chi connectivity index (χ0v) is 24.0. The minimum atomic E-state index is -2.75. The molecule has 1 saturated heterocycles. The highest BCUT2D eigenvalue weighted by Crippen LogP contribution is 2.37. The molecule has 3 aromatic rings. The van der Waals surface area contributed by atoms with Crippen LogP contribution in [0.1, 0.15) is 24.3 Å². The van der Waals surface area contributed by atoms with Crippen LogP contribution in [-0.2, 0) is 11.0 Å². The van der Waals surface area contributed by atoms with Crippen LogP contribution in [0.5, 0.6) is 0 Å². The molecule has 214 valence electrons. The molecular weight excluding hydrogens is 562 g/mol. The van der Waals surface area contributed by atoms with Gasteiger partial charge in [0.15, 0.2) is 5.01 Å². The molecule has 0 radical (unpaired) electrons. The van der Waals surface area contributed by atoms with Crippen molar-refractivity contribution in [2.45, 2.75) is 29.7 Å². The molecule has 1 aliphatic heterocycles. The lowest BCUT2D eigenvalue weighted by Crippen LogP contribution is -2.52. The van der Waals surface area contributed by atoms with Crippen LogP contribution in [0.2, 0.25) is 0 Å². The van der Waals surface area contributed by atoms with Gasteiger partial charge in [-0.25, -0.2) is 27.2 Å². The molecule has 1 saturated carbocycles. The van der Waals surface area contributed by atoms with Crippen molar-refractivity contribution in [1.29, 1.82) is 5.26 Å². The Morgan fingerprint density at radius 3 is 2.52 bits per heavy atom. The van der Waals surface area contributed by atoms with E-state index in [0.29, 0.717) is 56.0 Å². The fraction of sp³-hybridized carbons (Fsp3) is 0.542. The highest BCUT2D eigenvalue weighted by molar-refractivity contribution is 7.83. The van der Waals surface area contributed by atoms with Gasteiger partial charge in [0, 0.05) is 57.4 Å². The number of nitriles is 1. The van der Waals surface area contributed by atoms with Gasteiger partial charge in [-0.05, 0) is 39.1 Å². The quantitative estimate of drug-likeness (QED) is 0.401. The minimum Gasteiger partial charge on any atom is -0.367 e. The Balaban J connectivity index is 1.43. The number of hydrogen-bond acceptors (Lipinski definition) is 9. The molecule has 40 heavy (non-hydrogen) atoms. The molecule has 12 nitrogen and oxygen atoms in total. The first-order valence-electron chi connectivity index (χ1n) is 12.7. The summed E-state index contributed by atoms with van der Waals surface area (Å²) < 4.78 is 44.1. The summed E-state index contributed by atoms with van der Waals surface area (Å²) in [5.41, 5.74) is 0.474. The highest BCUT2D eigenvalue weighted by Gasteiger charge is 2.45. The summed E-state index contributed by atoms with van der Waals surface area (Å²) in [7, 11) is 4.01. The molecule has 5 rings (SSSR count). The lowest BCUT2D eigenvalue weighted by molar-refractivity contribution is 0.150. The van der Waals surface area contributed by atoms with Gasteiger partial charge in [0.25, 0.3) is 6.43 Å². The molecule has 3 heterocycles. The number of aromatic nitrogens is 4. The van der Waals surface area contributed by atoms with Crippen molar-refractivity contribution < 1.29 is 17.8 Å². The Labute approximate surface area is 236 Å². The van der Waals surface area contributed by atoms with Gasteiger partial charge in [-0.1, -0.05) is 11.3 Å². The largest absolute Gasteiger partial charge is 0.367 e. The van der Waals surface area contributed by atoms with Crippen LogP contribution in [0.15, 0.2) is 23.2 Å². The van der Waals surface area contributed by atoms with E-state index in [1.807, 2.05) is 23.9 Å². The standard InChI is InChI=1S/C24H30F2N10O2S2/c1-32(2)6-7-33(3)23(37)35-10-8-34(9-11-35)18-12-16(40(38)31-24(15-27)4-5-24)13-19-17(18)14-28-36(19)22-30-29-21(39-22)20(25)26/h12-14,20,31H,4-11H2,1-3H3. The maximum atomic E-state index is 13.3. The van der Waals surface area contributed by atoms with Crippen molar-refractivity contribution in [2.75, 3.05) is 65.3 Å². The molecule has 1 unspecified atom stereocenters. The SMILES string of the molecule is CN(C)CCN(C)C(=O)N1CCN(c2cc(S(=O)NC3(C#N)CC3)cc3c2cnn3-c2nnc(C(F)F)s2)CC1. The van der Waals surface area contributed by atoms with Crippen LogP contribution >= 0.6 is 11.3 Å². The number of halogens is 2. The Morgan fingerprint density at radius 1 is 1.20 bits per heavy atom. The number of likely N-dealkylation sites (N-methyl/N-ethyl adjacent to an activating group) is 2. The number of benzene rings is 1. The number of nitrogens with one attached hydrogen (secondary N) is 1. The molecule has 2 fully saturated rings. The summed E-state index contributed by atoms with van der Waals surface area (Å²) in [6.07, 6.45) is 0.0983. The number of amides is 2. The van der Waals surface area contributed by atoms with Gasteiger partial charge in [-0.15, -0.1) is 10.2 Å². The number of carbonyl (C=O) groups excluding carboxylic acids is 1. The predicted octanol–water partition coefficient (Wildman–Crippen LogP) is 2.22. The monoisotopic (exact) mass is 592 g/mol. The van der Waals surface area contributed by atoms with Crippen molar-refractivity contribution in [2.24, 2.45) is 0 Å². The molecule has 2 aromatic heterocycles. The lowest BCUT2D eigenvalue weighted by atomic mass is 10.1. The third-order valence-corrected chi connectivity index (χ3v) is 9.15. The number of alkyl halides is 2. The number of rotatable bonds is 9. The Kier molecular flexibility index (Phi) is 8.00. The van der Waals surface area contributed by atoms with Crippen molar-refractivity contribution in [3.8, 4) is 11.2 Å². The van der Waals surface area contributed by atoms with Crippen LogP contribution in [0, 0.1) is 11.3 Å². The number of piperazine rings is 1. The summed E-state index contributed by atoms with van der Waals surface area (Å²) in [6.45, 7) is 3.45. The number of hydrogen-bond donors (Lipinski definition) is 1. The first-order chi connectivity index (χ1) is 19.1. The smallest absolute Gasteiger partial charge is 0.319 e. The van der Waals surface area contributed by atoms with E-state index >= 15 is 0 Å². The van der Waals surface area contributed by atoms with Gasteiger partial charge >= 0.3 is 6.03 Å². The first-order valence-corrected chi connectivity index (χ1v) is 14.7. The van der Waals surface area contributed by atoms with E-state index in [9.17, 15) is 23.0 Å². The first kappa shape index (κ1) is 28.3. The molecule has 1 aromatic carbocycles. The van der Waals surface area contributed by atoms with Gasteiger partial charge in [-0.2, -0.15) is 10.4 Å². The van der Waals surface area contributed by atoms with Gasteiger partial charge < -0.3 is 19.6 Å². The maximum Gasteiger partial charge on any atom is 0.319 e. The van der Waals surface area contributed by atoms with E-state index in [-0.39, 0.29) is 11.2 Å². The normalized spacial score (nSPS) is 17.4. The predicted molar refractivity (Wildman–Crippen MR) is 147 cm³/mol. The van der Waals surface area contributed by atoms with Crippen LogP contribution in [0.3, 0.4) is 0 Å². The topological polar surface area (TPSA) is 127 Å². The van der Waals surface area contributed by atoms with E-state index in [0.717, 1.165) is 29.0 Å². The average Bonchev–Trinajstić information content (AvgIpc) is 3.33. The Bertz CT molecular complexity index is 1460. The van der Waals surface area contributed by atoms with Crippen LogP contribution < -0.4 is 9.62 Å². The fourth-order valence-corrected chi connectivity index (χ4v) is 6.26. The van der Waals surface area contributed by atoms with Crippen LogP contribution in [-0.4, -0.2) is 111 Å². The number of nitrogens with zero attached hydrogens (tertiary/aromatic N) is 9. The van der Waals surface area contributed by atoms with Crippen molar-refractivity contribution in [3.63, 3.8) is 0 Å². The molecule has 2 aliphatic rings. The Morgan fingerprint density at radius 2 is 1.93 bits per heavy atom. The molecule has 2 amide bonds. The lowest BCUT2D eigenvalue weighted by Gasteiger charge is -2.38. The van der Waals surface area contributed by atoms with E-state index in [2.05, 4.69) is 31.0 Å². The molecule has 1 N–H and O–H groups in total. The zero-order valence-electron chi connectivity index (χ0n) is 22.4. The second-order valence-corrected chi connectivity index (χ2v) is 12.4. The minimum absolute atomic E-state index is 0.0316. The summed E-state index contributed by atoms with van der Waals surface area (Å²) in [4.78, 5) is 21.0. The van der Waals surface area contributed by atoms with E-state index < -0.39 is 28.0 Å². The third-order valence-electron chi connectivity index (χ3n) is 7.00. The molecular formula is C24H30F2N10O2S2. The second kappa shape index (κ2) is 11.3. The molecule has 1 atom stereocenters. The summed E-state index contributed by atoms with van der Waals surface area (Å²) in [6, 6.07) is 5.63. The highest BCUT2D eigenvalue weighted by atomic mass is 32.2. The number of urea groups is 1. The van der Waals surface area contributed by atoms with Gasteiger partial charge in [0.2, 0.25) is 5.13 Å². The van der Waals surface area contributed by atoms with E-state index in [1.165, 1.54) is 4.68 Å². The third kappa shape index (κ3) is 5.78.